The van der Waals surface area contributed by atoms with E-state index in [0.717, 1.165) is 32.2 Å². The Kier molecular flexibility index (Phi) is 3.15. The summed E-state index contributed by atoms with van der Waals surface area (Å²) in [6, 6.07) is 0.0407. The van der Waals surface area contributed by atoms with Gasteiger partial charge in [-0.15, -0.1) is 0 Å². The average Bonchev–Trinajstić information content (AvgIpc) is 2.86. The smallest absolute Gasteiger partial charge is 0.407 e. The van der Waals surface area contributed by atoms with Crippen LogP contribution in [0.3, 0.4) is 0 Å². The molecule has 2 aliphatic rings. The summed E-state index contributed by atoms with van der Waals surface area (Å²) in [7, 11) is 0. The zero-order valence-corrected chi connectivity index (χ0v) is 9.19. The molecule has 5 heteroatoms. The number of carbonyl (C=O) groups excluding carboxylic acids is 1. The second kappa shape index (κ2) is 4.58. The third kappa shape index (κ3) is 2.04. The molecular formula is C11H16N2O3. The molecule has 1 atom stereocenters. The van der Waals surface area contributed by atoms with Crippen molar-refractivity contribution in [3.63, 3.8) is 0 Å². The van der Waals surface area contributed by atoms with Gasteiger partial charge in [0.05, 0.1) is 11.7 Å². The lowest BCUT2D eigenvalue weighted by atomic mass is 10.2. The highest BCUT2D eigenvalue weighted by Crippen LogP contribution is 2.24. The molecule has 1 N–H and O–H groups in total. The van der Waals surface area contributed by atoms with Crippen LogP contribution in [0.25, 0.3) is 0 Å². The second-order valence-corrected chi connectivity index (χ2v) is 4.37. The van der Waals surface area contributed by atoms with Gasteiger partial charge in [-0.25, -0.2) is 9.59 Å². The monoisotopic (exact) mass is 224 g/mol. The van der Waals surface area contributed by atoms with Crippen LogP contribution < -0.4 is 0 Å². The minimum absolute atomic E-state index is 0.0407. The Morgan fingerprint density at radius 3 is 2.94 bits per heavy atom. The van der Waals surface area contributed by atoms with Crippen LogP contribution in [0.1, 0.15) is 25.7 Å². The van der Waals surface area contributed by atoms with Gasteiger partial charge < -0.3 is 14.9 Å². The number of nitrogens with zero attached hydrogens (tertiary/aromatic N) is 2. The fourth-order valence-corrected chi connectivity index (χ4v) is 2.58. The van der Waals surface area contributed by atoms with E-state index in [1.165, 1.54) is 4.90 Å². The molecule has 1 amide bonds. The van der Waals surface area contributed by atoms with Crippen molar-refractivity contribution in [3.8, 4) is 0 Å². The topological polar surface area (TPSA) is 60.9 Å². The maximum Gasteiger partial charge on any atom is 0.407 e. The van der Waals surface area contributed by atoms with Gasteiger partial charge >= 0.3 is 6.09 Å². The van der Waals surface area contributed by atoms with Crippen LogP contribution in [0.15, 0.2) is 5.70 Å². The SMILES string of the molecule is O=C=C1CCCN1C[C@@H]1CCCN1C(=O)O. The van der Waals surface area contributed by atoms with Gasteiger partial charge in [-0.2, -0.15) is 0 Å². The Balaban J connectivity index is 1.98. The van der Waals surface area contributed by atoms with Gasteiger partial charge in [0.15, 0.2) is 0 Å². The Morgan fingerprint density at radius 1 is 1.44 bits per heavy atom. The first-order valence-corrected chi connectivity index (χ1v) is 5.71. The van der Waals surface area contributed by atoms with Crippen LogP contribution in [0.4, 0.5) is 4.79 Å². The van der Waals surface area contributed by atoms with E-state index in [0.29, 0.717) is 18.8 Å². The third-order valence-electron chi connectivity index (χ3n) is 3.40. The highest BCUT2D eigenvalue weighted by Gasteiger charge is 2.31. The van der Waals surface area contributed by atoms with Crippen molar-refractivity contribution in [2.45, 2.75) is 31.7 Å². The quantitative estimate of drug-likeness (QED) is 0.709. The lowest BCUT2D eigenvalue weighted by Crippen LogP contribution is -2.41. The Morgan fingerprint density at radius 2 is 2.25 bits per heavy atom. The number of rotatable bonds is 2. The van der Waals surface area contributed by atoms with Gasteiger partial charge in [0, 0.05) is 19.6 Å². The van der Waals surface area contributed by atoms with Crippen molar-refractivity contribution in [2.75, 3.05) is 19.6 Å². The van der Waals surface area contributed by atoms with Gasteiger partial charge in [-0.1, -0.05) is 0 Å². The third-order valence-corrected chi connectivity index (χ3v) is 3.40. The van der Waals surface area contributed by atoms with Crippen molar-refractivity contribution in [1.82, 2.24) is 9.80 Å². The molecule has 0 saturated carbocycles. The molecule has 0 aliphatic carbocycles. The number of hydrogen-bond acceptors (Lipinski definition) is 3. The van der Waals surface area contributed by atoms with Crippen molar-refractivity contribution in [1.29, 1.82) is 0 Å². The summed E-state index contributed by atoms with van der Waals surface area (Å²) in [5.74, 6) is 1.96. The van der Waals surface area contributed by atoms with Crippen LogP contribution in [0.5, 0.6) is 0 Å². The summed E-state index contributed by atoms with van der Waals surface area (Å²) in [6.07, 6.45) is 2.73. The molecule has 16 heavy (non-hydrogen) atoms. The maximum atomic E-state index is 11.0. The molecule has 2 rings (SSSR count). The van der Waals surface area contributed by atoms with E-state index in [4.69, 9.17) is 5.11 Å². The summed E-state index contributed by atoms with van der Waals surface area (Å²) in [5.41, 5.74) is 0.706. The summed E-state index contributed by atoms with van der Waals surface area (Å²) in [4.78, 5) is 25.1. The highest BCUT2D eigenvalue weighted by atomic mass is 16.4. The molecule has 2 heterocycles. The standard InChI is InChI=1S/C11H16N2O3/c14-8-10-4-1-5-12(10)7-9-3-2-6-13(9)11(15)16/h9H,1-7H2,(H,15,16)/t9-/m0/s1. The number of amides is 1. The van der Waals surface area contributed by atoms with Crippen LogP contribution in [-0.4, -0.2) is 52.6 Å². The van der Waals surface area contributed by atoms with E-state index < -0.39 is 6.09 Å². The molecule has 2 aliphatic heterocycles. The first-order chi connectivity index (χ1) is 7.72. The molecule has 0 unspecified atom stereocenters. The number of carboxylic acid groups (broad SMARTS) is 1. The summed E-state index contributed by atoms with van der Waals surface area (Å²) < 4.78 is 0. The Labute approximate surface area is 94.3 Å². The summed E-state index contributed by atoms with van der Waals surface area (Å²) in [5, 5.41) is 9.00. The lowest BCUT2D eigenvalue weighted by Gasteiger charge is -2.27. The second-order valence-electron chi connectivity index (χ2n) is 4.37. The summed E-state index contributed by atoms with van der Waals surface area (Å²) >= 11 is 0. The minimum Gasteiger partial charge on any atom is -0.465 e. The van der Waals surface area contributed by atoms with Crippen LogP contribution in [-0.2, 0) is 4.79 Å². The van der Waals surface area contributed by atoms with Gasteiger partial charge in [-0.3, -0.25) is 0 Å². The van der Waals surface area contributed by atoms with Gasteiger partial charge in [0.25, 0.3) is 0 Å². The highest BCUT2D eigenvalue weighted by molar-refractivity contribution is 5.65. The number of hydrogen-bond donors (Lipinski definition) is 1. The van der Waals surface area contributed by atoms with Crippen molar-refractivity contribution >= 4 is 12.0 Å². The molecular weight excluding hydrogens is 208 g/mol. The number of likely N-dealkylation sites (tertiary alicyclic amines) is 2. The number of carbonyl (C=O) groups is 1. The molecule has 5 nitrogen and oxygen atoms in total. The molecule has 2 saturated heterocycles. The van der Waals surface area contributed by atoms with E-state index in [-0.39, 0.29) is 6.04 Å². The predicted octanol–water partition coefficient (Wildman–Crippen LogP) is 0.940. The summed E-state index contributed by atoms with van der Waals surface area (Å²) in [6.45, 7) is 2.12. The van der Waals surface area contributed by atoms with Gasteiger partial charge in [0.2, 0.25) is 0 Å². The first kappa shape index (κ1) is 11.0. The molecule has 2 fully saturated rings. The first-order valence-electron chi connectivity index (χ1n) is 5.71. The van der Waals surface area contributed by atoms with Crippen LogP contribution in [0, 0.1) is 0 Å². The molecule has 0 radical (unpaired) electrons. The van der Waals surface area contributed by atoms with E-state index in [9.17, 15) is 9.59 Å². The van der Waals surface area contributed by atoms with E-state index >= 15 is 0 Å². The fraction of sp³-hybridized carbons (Fsp3) is 0.727. The molecule has 0 aromatic carbocycles. The molecule has 0 aromatic rings. The zero-order chi connectivity index (χ0) is 11.5. The Hall–Kier alpha value is -1.48. The van der Waals surface area contributed by atoms with Crippen molar-refractivity contribution < 1.29 is 14.7 Å². The largest absolute Gasteiger partial charge is 0.465 e. The van der Waals surface area contributed by atoms with Crippen molar-refractivity contribution in [2.24, 2.45) is 0 Å². The molecule has 0 spiro atoms. The zero-order valence-electron chi connectivity index (χ0n) is 9.19. The predicted molar refractivity (Wildman–Crippen MR) is 57.8 cm³/mol. The van der Waals surface area contributed by atoms with Gasteiger partial charge in [0.1, 0.15) is 5.94 Å². The number of allylic oxidation sites excluding steroid dienone is 1. The molecule has 88 valence electrons. The fourth-order valence-electron chi connectivity index (χ4n) is 2.58. The Bertz CT molecular complexity index is 336. The normalized spacial score (nSPS) is 25.0. The van der Waals surface area contributed by atoms with Crippen LogP contribution >= 0.6 is 0 Å². The van der Waals surface area contributed by atoms with E-state index in [1.54, 1.807) is 0 Å². The lowest BCUT2D eigenvalue weighted by molar-refractivity contribution is 0.132. The van der Waals surface area contributed by atoms with Gasteiger partial charge in [-0.05, 0) is 25.7 Å². The van der Waals surface area contributed by atoms with E-state index in [2.05, 4.69) is 0 Å². The minimum atomic E-state index is -0.849. The van der Waals surface area contributed by atoms with E-state index in [1.807, 2.05) is 10.8 Å². The molecule has 0 aromatic heterocycles. The molecule has 0 bridgehead atoms. The maximum absolute atomic E-state index is 11.0. The van der Waals surface area contributed by atoms with Crippen LogP contribution in [0.2, 0.25) is 0 Å². The van der Waals surface area contributed by atoms with Crippen molar-refractivity contribution in [3.05, 3.63) is 5.70 Å². The average molecular weight is 224 g/mol.